The van der Waals surface area contributed by atoms with Crippen LogP contribution >= 0.6 is 0 Å². The smallest absolute Gasteiger partial charge is 0.0632 e. The van der Waals surface area contributed by atoms with E-state index in [9.17, 15) is 0 Å². The van der Waals surface area contributed by atoms with Crippen LogP contribution in [0.2, 0.25) is 0 Å². The van der Waals surface area contributed by atoms with Crippen molar-refractivity contribution in [3.63, 3.8) is 0 Å². The molecule has 0 N–H and O–H groups in total. The van der Waals surface area contributed by atoms with E-state index in [0.29, 0.717) is 11.1 Å². The minimum atomic E-state index is -0.312. The molecule has 1 heterocycles. The fourth-order valence-corrected chi connectivity index (χ4v) is 4.48. The lowest BCUT2D eigenvalue weighted by molar-refractivity contribution is 0.589. The van der Waals surface area contributed by atoms with Gasteiger partial charge in [0.25, 0.3) is 0 Å². The Morgan fingerprint density at radius 1 is 0.767 bits per heavy atom. The lowest BCUT2D eigenvalue weighted by atomic mass is 9.80. The maximum atomic E-state index is 8.79. The topological polar surface area (TPSA) is 4.93 Å². The van der Waals surface area contributed by atoms with Crippen molar-refractivity contribution in [3.05, 3.63) is 102 Å². The Hall–Kier alpha value is -3.32. The highest BCUT2D eigenvalue weighted by atomic mass is 15.0. The van der Waals surface area contributed by atoms with Crippen molar-refractivity contribution < 1.29 is 5.48 Å². The third kappa shape index (κ3) is 2.93. The van der Waals surface area contributed by atoms with Crippen LogP contribution in [0.5, 0.6) is 0 Å². The maximum absolute atomic E-state index is 8.79. The quantitative estimate of drug-likeness (QED) is 0.286. The molecule has 0 aliphatic heterocycles. The molecule has 0 spiro atoms. The monoisotopic (exact) mass is 393 g/mol. The second-order valence-corrected chi connectivity index (χ2v) is 8.82. The fraction of sp³-hybridized carbons (Fsp3) is 0.172. The van der Waals surface area contributed by atoms with E-state index in [1.165, 1.54) is 10.8 Å². The summed E-state index contributed by atoms with van der Waals surface area (Å²) < 4.78 is 36.3. The minimum absolute atomic E-state index is 0.0467. The molecule has 1 aromatic heterocycles. The van der Waals surface area contributed by atoms with E-state index in [1.807, 2.05) is 24.3 Å². The zero-order valence-electron chi connectivity index (χ0n) is 21.8. The average Bonchev–Trinajstić information content (AvgIpc) is 3.15. The number of fused-ring (bicyclic) bond motifs is 3. The molecule has 4 aromatic carbocycles. The molecule has 0 saturated carbocycles. The van der Waals surface area contributed by atoms with Crippen LogP contribution in [0.1, 0.15) is 37.4 Å². The van der Waals surface area contributed by atoms with Gasteiger partial charge in [0.05, 0.1) is 22.2 Å². The number of hydrogen-bond acceptors (Lipinski definition) is 0. The molecule has 0 aliphatic carbocycles. The number of hydrogen-bond donors (Lipinski definition) is 0. The van der Waals surface area contributed by atoms with Crippen molar-refractivity contribution in [1.82, 2.24) is 4.57 Å². The summed E-state index contributed by atoms with van der Waals surface area (Å²) in [6.45, 7) is 8.12. The van der Waals surface area contributed by atoms with E-state index in [0.717, 1.165) is 27.8 Å². The van der Waals surface area contributed by atoms with Crippen LogP contribution in [0.15, 0.2) is 90.9 Å². The Balaban J connectivity index is 1.96. The van der Waals surface area contributed by atoms with Crippen molar-refractivity contribution in [2.45, 2.75) is 33.1 Å². The molecule has 1 heteroatoms. The number of para-hydroxylation sites is 2. The van der Waals surface area contributed by atoms with Gasteiger partial charge in [-0.15, -0.1) is 0 Å². The third-order valence-corrected chi connectivity index (χ3v) is 5.63. The molecule has 0 aliphatic rings. The molecule has 0 fully saturated rings. The zero-order chi connectivity index (χ0) is 24.4. The Labute approximate surface area is 184 Å². The first-order valence-corrected chi connectivity index (χ1v) is 10.3. The van der Waals surface area contributed by atoms with Gasteiger partial charge in [-0.05, 0) is 47.2 Å². The van der Waals surface area contributed by atoms with Crippen molar-refractivity contribution in [2.75, 3.05) is 0 Å². The Bertz CT molecular complexity index is 1510. The zero-order valence-corrected chi connectivity index (χ0v) is 17.8. The fourth-order valence-electron chi connectivity index (χ4n) is 4.48. The molecule has 148 valence electrons. The molecule has 0 saturated heterocycles. The normalized spacial score (nSPS) is 13.9. The Kier molecular flexibility index (Phi) is 3.36. The highest BCUT2D eigenvalue weighted by Crippen LogP contribution is 2.41. The summed E-state index contributed by atoms with van der Waals surface area (Å²) in [6, 6.07) is 22.7. The molecule has 0 bridgehead atoms. The van der Waals surface area contributed by atoms with Crippen LogP contribution in [0.4, 0.5) is 0 Å². The van der Waals surface area contributed by atoms with Crippen LogP contribution in [0.25, 0.3) is 38.6 Å². The molecule has 0 radical (unpaired) electrons. The van der Waals surface area contributed by atoms with Crippen LogP contribution in [-0.4, -0.2) is 4.57 Å². The first kappa shape index (κ1) is 14.6. The summed E-state index contributed by atoms with van der Waals surface area (Å²) in [7, 11) is 0. The summed E-state index contributed by atoms with van der Waals surface area (Å²) in [6.07, 6.45) is 0. The number of aromatic nitrogens is 1. The molecule has 30 heavy (non-hydrogen) atoms. The summed E-state index contributed by atoms with van der Waals surface area (Å²) in [4.78, 5) is 0. The average molecular weight is 394 g/mol. The summed E-state index contributed by atoms with van der Waals surface area (Å²) in [5.41, 5.74) is 5.53. The molecule has 0 amide bonds. The first-order valence-electron chi connectivity index (χ1n) is 12.3. The molecule has 5 rings (SSSR count). The highest BCUT2D eigenvalue weighted by molar-refractivity contribution is 6.09. The van der Waals surface area contributed by atoms with Crippen LogP contribution < -0.4 is 0 Å². The van der Waals surface area contributed by atoms with E-state index in [2.05, 4.69) is 67.8 Å². The second kappa shape index (κ2) is 6.88. The van der Waals surface area contributed by atoms with E-state index in [1.54, 1.807) is 6.92 Å². The van der Waals surface area contributed by atoms with Gasteiger partial charge in [-0.1, -0.05) is 99.0 Å². The third-order valence-electron chi connectivity index (χ3n) is 5.63. The van der Waals surface area contributed by atoms with Gasteiger partial charge in [0.1, 0.15) is 0 Å². The SMILES string of the molecule is [2H]c1c([2H])c(C)c([2H])c(-c2cccc(-n3c4ccccc4c4ccccc43)c2C(C)(C)C)c1[2H]. The van der Waals surface area contributed by atoms with Gasteiger partial charge in [0, 0.05) is 10.8 Å². The summed E-state index contributed by atoms with van der Waals surface area (Å²) >= 11 is 0. The molecule has 0 unspecified atom stereocenters. The van der Waals surface area contributed by atoms with E-state index < -0.39 is 0 Å². The van der Waals surface area contributed by atoms with E-state index >= 15 is 0 Å². The Morgan fingerprint density at radius 2 is 1.40 bits per heavy atom. The van der Waals surface area contributed by atoms with Gasteiger partial charge in [-0.2, -0.15) is 0 Å². The maximum Gasteiger partial charge on any atom is 0.0632 e. The van der Waals surface area contributed by atoms with Crippen molar-refractivity contribution in [3.8, 4) is 16.8 Å². The molecule has 1 nitrogen and oxygen atoms in total. The molecule has 5 aromatic rings. The van der Waals surface area contributed by atoms with Gasteiger partial charge >= 0.3 is 0 Å². The van der Waals surface area contributed by atoms with E-state index in [4.69, 9.17) is 5.48 Å². The van der Waals surface area contributed by atoms with Crippen molar-refractivity contribution in [1.29, 1.82) is 0 Å². The van der Waals surface area contributed by atoms with Crippen LogP contribution in [-0.2, 0) is 5.41 Å². The van der Waals surface area contributed by atoms with Crippen molar-refractivity contribution in [2.24, 2.45) is 0 Å². The molecule has 0 atom stereocenters. The van der Waals surface area contributed by atoms with Gasteiger partial charge < -0.3 is 4.57 Å². The standard InChI is InChI=1S/C29H27N/c1-20-11-9-12-21(19-20)22-15-10-18-27(28(22)29(2,3)4)30-25-16-7-5-13-23(25)24-14-6-8-17-26(24)30/h5-19H,1-4H3/i9D,11D,12D,19D. The van der Waals surface area contributed by atoms with E-state index in [-0.39, 0.29) is 29.6 Å². The van der Waals surface area contributed by atoms with Gasteiger partial charge in [-0.25, -0.2) is 0 Å². The number of rotatable bonds is 2. The lowest BCUT2D eigenvalue weighted by Gasteiger charge is -2.28. The van der Waals surface area contributed by atoms with Crippen LogP contribution in [0, 0.1) is 6.92 Å². The second-order valence-electron chi connectivity index (χ2n) is 8.82. The summed E-state index contributed by atoms with van der Waals surface area (Å²) in [5.74, 6) is 0. The Morgan fingerprint density at radius 3 is 2.03 bits per heavy atom. The highest BCUT2D eigenvalue weighted by Gasteiger charge is 2.25. The first-order chi connectivity index (χ1) is 16.1. The lowest BCUT2D eigenvalue weighted by Crippen LogP contribution is -2.17. The molecular formula is C29H27N. The van der Waals surface area contributed by atoms with Crippen LogP contribution in [0.3, 0.4) is 0 Å². The predicted octanol–water partition coefficient (Wildman–Crippen LogP) is 8.06. The summed E-state index contributed by atoms with van der Waals surface area (Å²) in [5, 5.41) is 2.35. The van der Waals surface area contributed by atoms with Gasteiger partial charge in [-0.3, -0.25) is 0 Å². The van der Waals surface area contributed by atoms with Gasteiger partial charge in [0.2, 0.25) is 0 Å². The van der Waals surface area contributed by atoms with Gasteiger partial charge in [0.15, 0.2) is 0 Å². The number of nitrogens with zero attached hydrogens (tertiary/aromatic N) is 1. The minimum Gasteiger partial charge on any atom is -0.309 e. The largest absolute Gasteiger partial charge is 0.309 e. The van der Waals surface area contributed by atoms with Crippen molar-refractivity contribution >= 4 is 21.8 Å². The predicted molar refractivity (Wildman–Crippen MR) is 130 cm³/mol. The molecular weight excluding hydrogens is 362 g/mol. The number of benzene rings is 4.